The number of fused-ring (bicyclic) bond motifs is 1. The molecule has 0 aromatic carbocycles. The molecule has 1 saturated heterocycles. The Morgan fingerprint density at radius 3 is 2.70 bits per heavy atom. The van der Waals surface area contributed by atoms with E-state index in [0.29, 0.717) is 11.3 Å². The fourth-order valence-electron chi connectivity index (χ4n) is 2.78. The maximum absolute atomic E-state index is 5.79. The lowest BCUT2D eigenvalue weighted by molar-refractivity contribution is -0.0685. The van der Waals surface area contributed by atoms with Crippen LogP contribution in [-0.4, -0.2) is 56.3 Å². The molecule has 108 valence electrons. The Labute approximate surface area is 117 Å². The third-order valence-electron chi connectivity index (χ3n) is 3.58. The Bertz CT molecular complexity index is 588. The van der Waals surface area contributed by atoms with Crippen molar-refractivity contribution in [3.8, 4) is 0 Å². The first kappa shape index (κ1) is 13.3. The van der Waals surface area contributed by atoms with Crippen molar-refractivity contribution in [1.82, 2.24) is 24.4 Å². The minimum absolute atomic E-state index is 0.288. The minimum atomic E-state index is 0.288. The van der Waals surface area contributed by atoms with Crippen LogP contribution in [0.25, 0.3) is 11.2 Å². The first-order valence-electron chi connectivity index (χ1n) is 6.92. The molecule has 0 radical (unpaired) electrons. The number of nitrogen functional groups attached to an aromatic ring is 1. The van der Waals surface area contributed by atoms with Crippen molar-refractivity contribution in [3.05, 3.63) is 12.7 Å². The number of rotatable bonds is 3. The summed E-state index contributed by atoms with van der Waals surface area (Å²) in [4.78, 5) is 14.9. The van der Waals surface area contributed by atoms with Crippen molar-refractivity contribution in [3.63, 3.8) is 0 Å². The maximum Gasteiger partial charge on any atom is 0.165 e. The molecule has 0 unspecified atom stereocenters. The van der Waals surface area contributed by atoms with Gasteiger partial charge in [-0.05, 0) is 13.8 Å². The lowest BCUT2D eigenvalue weighted by Crippen LogP contribution is -2.46. The van der Waals surface area contributed by atoms with Crippen molar-refractivity contribution >= 4 is 17.0 Å². The summed E-state index contributed by atoms with van der Waals surface area (Å²) in [5.41, 5.74) is 7.27. The molecule has 7 nitrogen and oxygen atoms in total. The zero-order valence-electron chi connectivity index (χ0n) is 11.9. The predicted octanol–water partition coefficient (Wildman–Crippen LogP) is 0.518. The third-order valence-corrected chi connectivity index (χ3v) is 3.58. The molecule has 3 heterocycles. The van der Waals surface area contributed by atoms with Crippen molar-refractivity contribution in [2.75, 3.05) is 25.4 Å². The van der Waals surface area contributed by atoms with Crippen LogP contribution in [0, 0.1) is 0 Å². The highest BCUT2D eigenvalue weighted by Gasteiger charge is 2.21. The highest BCUT2D eigenvalue weighted by Crippen LogP contribution is 2.15. The molecule has 20 heavy (non-hydrogen) atoms. The van der Waals surface area contributed by atoms with Gasteiger partial charge in [0.05, 0.1) is 18.5 Å². The molecule has 1 fully saturated rings. The van der Waals surface area contributed by atoms with Gasteiger partial charge in [-0.3, -0.25) is 4.90 Å². The van der Waals surface area contributed by atoms with E-state index in [2.05, 4.69) is 33.7 Å². The Kier molecular flexibility index (Phi) is 3.54. The van der Waals surface area contributed by atoms with E-state index in [1.807, 2.05) is 4.57 Å². The summed E-state index contributed by atoms with van der Waals surface area (Å²) in [6.07, 6.45) is 3.84. The summed E-state index contributed by atoms with van der Waals surface area (Å²) in [5.74, 6) is 0.433. The molecule has 2 atom stereocenters. The van der Waals surface area contributed by atoms with Gasteiger partial charge in [-0.15, -0.1) is 0 Å². The summed E-state index contributed by atoms with van der Waals surface area (Å²) >= 11 is 0. The van der Waals surface area contributed by atoms with Crippen LogP contribution < -0.4 is 5.73 Å². The molecular formula is C13H20N6O. The van der Waals surface area contributed by atoms with E-state index < -0.39 is 0 Å². The quantitative estimate of drug-likeness (QED) is 0.880. The van der Waals surface area contributed by atoms with E-state index in [0.717, 1.165) is 31.8 Å². The Balaban J connectivity index is 1.69. The second-order valence-electron chi connectivity index (χ2n) is 5.39. The summed E-state index contributed by atoms with van der Waals surface area (Å²) in [7, 11) is 0. The van der Waals surface area contributed by atoms with E-state index in [-0.39, 0.29) is 12.2 Å². The number of hydrogen-bond acceptors (Lipinski definition) is 6. The van der Waals surface area contributed by atoms with E-state index in [4.69, 9.17) is 10.5 Å². The zero-order valence-corrected chi connectivity index (χ0v) is 11.9. The molecule has 2 N–H and O–H groups in total. The van der Waals surface area contributed by atoms with Crippen LogP contribution in [0.2, 0.25) is 0 Å². The van der Waals surface area contributed by atoms with Gasteiger partial charge in [0.2, 0.25) is 0 Å². The number of morpholine rings is 1. The number of hydrogen-bond donors (Lipinski definition) is 1. The van der Waals surface area contributed by atoms with E-state index >= 15 is 0 Å². The SMILES string of the molecule is C[C@@H]1CN(CCn2cnc3c(N)ncnc32)C[C@H](C)O1. The standard InChI is InChI=1S/C13H20N6O/c1-9-5-18(6-10(2)20-9)3-4-19-8-17-11-12(14)15-7-16-13(11)19/h7-10H,3-6H2,1-2H3,(H2,14,15,16)/t9-,10+. The number of nitrogens with zero attached hydrogens (tertiary/aromatic N) is 5. The van der Waals surface area contributed by atoms with Crippen LogP contribution in [0.4, 0.5) is 5.82 Å². The van der Waals surface area contributed by atoms with Gasteiger partial charge in [0.25, 0.3) is 0 Å². The maximum atomic E-state index is 5.79. The monoisotopic (exact) mass is 276 g/mol. The van der Waals surface area contributed by atoms with Gasteiger partial charge in [0.15, 0.2) is 11.5 Å². The van der Waals surface area contributed by atoms with Gasteiger partial charge in [0, 0.05) is 26.2 Å². The molecule has 2 aromatic rings. The topological polar surface area (TPSA) is 82.1 Å². The minimum Gasteiger partial charge on any atom is -0.382 e. The number of ether oxygens (including phenoxy) is 1. The lowest BCUT2D eigenvalue weighted by Gasteiger charge is -2.35. The predicted molar refractivity (Wildman–Crippen MR) is 76.2 cm³/mol. The number of imidazole rings is 1. The molecule has 7 heteroatoms. The number of nitrogens with two attached hydrogens (primary N) is 1. The van der Waals surface area contributed by atoms with Crippen molar-refractivity contribution in [1.29, 1.82) is 0 Å². The molecular weight excluding hydrogens is 256 g/mol. The molecule has 3 rings (SSSR count). The molecule has 0 saturated carbocycles. The van der Waals surface area contributed by atoms with Gasteiger partial charge in [-0.2, -0.15) is 0 Å². The van der Waals surface area contributed by atoms with Crippen molar-refractivity contribution in [2.24, 2.45) is 0 Å². The molecule has 1 aliphatic rings. The fourth-order valence-corrected chi connectivity index (χ4v) is 2.78. The first-order valence-corrected chi connectivity index (χ1v) is 6.92. The molecule has 0 amide bonds. The largest absolute Gasteiger partial charge is 0.382 e. The van der Waals surface area contributed by atoms with E-state index in [1.165, 1.54) is 6.33 Å². The van der Waals surface area contributed by atoms with Gasteiger partial charge in [0.1, 0.15) is 11.8 Å². The summed E-state index contributed by atoms with van der Waals surface area (Å²) in [5, 5.41) is 0. The van der Waals surface area contributed by atoms with E-state index in [1.54, 1.807) is 6.33 Å². The smallest absolute Gasteiger partial charge is 0.165 e. The van der Waals surface area contributed by atoms with Gasteiger partial charge in [-0.25, -0.2) is 15.0 Å². The molecule has 1 aliphatic heterocycles. The van der Waals surface area contributed by atoms with Crippen LogP contribution in [0.3, 0.4) is 0 Å². The first-order chi connectivity index (χ1) is 9.63. The van der Waals surface area contributed by atoms with Crippen molar-refractivity contribution < 1.29 is 4.74 Å². The Morgan fingerprint density at radius 2 is 1.95 bits per heavy atom. The van der Waals surface area contributed by atoms with Crippen LogP contribution in [-0.2, 0) is 11.3 Å². The summed E-state index contributed by atoms with van der Waals surface area (Å²) in [6, 6.07) is 0. The number of aromatic nitrogens is 4. The lowest BCUT2D eigenvalue weighted by atomic mass is 10.2. The van der Waals surface area contributed by atoms with Gasteiger partial charge < -0.3 is 15.0 Å². The Morgan fingerprint density at radius 1 is 1.20 bits per heavy atom. The fraction of sp³-hybridized carbons (Fsp3) is 0.615. The Hall–Kier alpha value is -1.73. The van der Waals surface area contributed by atoms with Crippen LogP contribution >= 0.6 is 0 Å². The van der Waals surface area contributed by atoms with Crippen LogP contribution in [0.1, 0.15) is 13.8 Å². The average molecular weight is 276 g/mol. The van der Waals surface area contributed by atoms with Gasteiger partial charge in [-0.1, -0.05) is 0 Å². The van der Waals surface area contributed by atoms with E-state index in [9.17, 15) is 0 Å². The molecule has 2 aromatic heterocycles. The van der Waals surface area contributed by atoms with Gasteiger partial charge >= 0.3 is 0 Å². The molecule has 0 bridgehead atoms. The van der Waals surface area contributed by atoms with Crippen molar-refractivity contribution in [2.45, 2.75) is 32.6 Å². The summed E-state index contributed by atoms with van der Waals surface area (Å²) < 4.78 is 7.77. The summed E-state index contributed by atoms with van der Waals surface area (Å²) in [6.45, 7) is 7.95. The van der Waals surface area contributed by atoms with Crippen LogP contribution in [0.5, 0.6) is 0 Å². The average Bonchev–Trinajstić information content (AvgIpc) is 2.80. The van der Waals surface area contributed by atoms with Crippen LogP contribution in [0.15, 0.2) is 12.7 Å². The second-order valence-corrected chi connectivity index (χ2v) is 5.39. The second kappa shape index (κ2) is 5.34. The molecule has 0 spiro atoms. The zero-order chi connectivity index (χ0) is 14.1. The highest BCUT2D eigenvalue weighted by atomic mass is 16.5. The number of anilines is 1. The third kappa shape index (κ3) is 2.59. The highest BCUT2D eigenvalue weighted by molar-refractivity contribution is 5.80. The molecule has 0 aliphatic carbocycles. The normalized spacial score (nSPS) is 24.3.